The molecule has 8 nitrogen and oxygen atoms in total. The lowest BCUT2D eigenvalue weighted by Gasteiger charge is -2.20. The van der Waals surface area contributed by atoms with Crippen molar-refractivity contribution in [1.82, 2.24) is 29.9 Å². The lowest BCUT2D eigenvalue weighted by atomic mass is 10.1. The lowest BCUT2D eigenvalue weighted by molar-refractivity contribution is 0.272. The first-order chi connectivity index (χ1) is 16.2. The van der Waals surface area contributed by atoms with Gasteiger partial charge in [0.05, 0.1) is 23.5 Å². The van der Waals surface area contributed by atoms with E-state index in [2.05, 4.69) is 51.5 Å². The number of hydrogen-bond donors (Lipinski definition) is 2. The van der Waals surface area contributed by atoms with Crippen LogP contribution in [0.4, 0.5) is 14.6 Å². The number of fused-ring (bicyclic) bond motifs is 1. The molecule has 0 fully saturated rings. The van der Waals surface area contributed by atoms with Gasteiger partial charge >= 0.3 is 6.01 Å². The molecule has 1 aromatic carbocycles. The van der Waals surface area contributed by atoms with Crippen LogP contribution in [0.1, 0.15) is 42.2 Å². The third-order valence-corrected chi connectivity index (χ3v) is 5.04. The molecule has 0 aliphatic carbocycles. The molecule has 0 unspecified atom stereocenters. The van der Waals surface area contributed by atoms with E-state index in [-0.39, 0.29) is 14.4 Å². The number of hydrogen-bond acceptors (Lipinski definition) is 7. The van der Waals surface area contributed by atoms with Crippen LogP contribution in [-0.4, -0.2) is 43.3 Å². The number of aromatic nitrogens is 5. The van der Waals surface area contributed by atoms with E-state index in [1.165, 1.54) is 12.1 Å². The molecule has 0 aliphatic rings. The zero-order valence-corrected chi connectivity index (χ0v) is 19.5. The topological polar surface area (TPSA) is 89.3 Å². The van der Waals surface area contributed by atoms with Gasteiger partial charge in [-0.25, -0.2) is 18.3 Å². The second-order valence-corrected chi connectivity index (χ2v) is 8.92. The Labute approximate surface area is 199 Å². The highest BCUT2D eigenvalue weighted by Crippen LogP contribution is 2.28. The van der Waals surface area contributed by atoms with Crippen molar-refractivity contribution in [2.75, 3.05) is 18.5 Å². The first-order valence-corrected chi connectivity index (χ1v) is 11.0. The molecule has 1 atom stereocenters. The van der Waals surface area contributed by atoms with E-state index in [9.17, 15) is 8.78 Å². The summed E-state index contributed by atoms with van der Waals surface area (Å²) in [6, 6.07) is 6.69. The van der Waals surface area contributed by atoms with Gasteiger partial charge in [0.25, 0.3) is 0 Å². The molecule has 4 aromatic rings. The standard InChI is InChI=1S/C24H27F2N7O.2H2/c1-15(17-7-6-16(25)12-19(17)26)30-21-13-20(18-14-29-33-10-5-8-27-22(18)33)31-23(32-21)34-11-9-28-24(2,3)4;;/h5-8,10,12-15,28H,9,11H2,1-4H3,(H,30,31,32);2*1H/t15-;;/m0../s1. The van der Waals surface area contributed by atoms with Gasteiger partial charge in [0.1, 0.15) is 24.1 Å². The second kappa shape index (κ2) is 9.68. The third kappa shape index (κ3) is 5.63. The van der Waals surface area contributed by atoms with Crippen molar-refractivity contribution >= 4 is 11.5 Å². The average Bonchev–Trinajstić information content (AvgIpc) is 3.20. The normalized spacial score (nSPS) is 12.6. The molecule has 182 valence electrons. The average molecular weight is 472 g/mol. The van der Waals surface area contributed by atoms with Crippen molar-refractivity contribution in [1.29, 1.82) is 0 Å². The zero-order valence-electron chi connectivity index (χ0n) is 19.5. The fraction of sp³-hybridized carbons (Fsp3) is 0.333. The van der Waals surface area contributed by atoms with Gasteiger partial charge in [-0.3, -0.25) is 0 Å². The predicted molar refractivity (Wildman–Crippen MR) is 130 cm³/mol. The number of nitrogens with zero attached hydrogens (tertiary/aromatic N) is 5. The molecule has 4 rings (SSSR count). The van der Waals surface area contributed by atoms with E-state index in [0.29, 0.717) is 41.4 Å². The molecule has 3 heterocycles. The molecule has 10 heteroatoms. The van der Waals surface area contributed by atoms with Gasteiger partial charge in [-0.2, -0.15) is 15.1 Å². The van der Waals surface area contributed by atoms with Crippen LogP contribution in [0.5, 0.6) is 6.01 Å². The highest BCUT2D eigenvalue weighted by Gasteiger charge is 2.17. The van der Waals surface area contributed by atoms with Gasteiger partial charge in [-0.15, -0.1) is 0 Å². The lowest BCUT2D eigenvalue weighted by Crippen LogP contribution is -2.38. The van der Waals surface area contributed by atoms with Crippen molar-refractivity contribution in [3.63, 3.8) is 0 Å². The first kappa shape index (κ1) is 23.5. The SMILES string of the molecule is C[C@H](Nc1cc(-c2cnn3cccnc23)nc(OCCNC(C)(C)C)n1)c1ccc(F)cc1F.[HH].[HH]. The van der Waals surface area contributed by atoms with Crippen LogP contribution in [-0.2, 0) is 0 Å². The Hall–Kier alpha value is -3.66. The summed E-state index contributed by atoms with van der Waals surface area (Å²) < 4.78 is 35.1. The van der Waals surface area contributed by atoms with Crippen LogP contribution >= 0.6 is 0 Å². The Balaban J connectivity index is 0.00000228. The van der Waals surface area contributed by atoms with Crippen molar-refractivity contribution in [3.05, 3.63) is 66.1 Å². The molecule has 2 N–H and O–H groups in total. The molecule has 0 amide bonds. The van der Waals surface area contributed by atoms with Gasteiger partial charge in [0.2, 0.25) is 0 Å². The fourth-order valence-electron chi connectivity index (χ4n) is 3.43. The molecular formula is C24H31F2N7O. The molecule has 0 bridgehead atoms. The maximum Gasteiger partial charge on any atom is 0.318 e. The van der Waals surface area contributed by atoms with Crippen molar-refractivity contribution < 1.29 is 16.4 Å². The quantitative estimate of drug-likeness (QED) is 0.354. The molecular weight excluding hydrogens is 440 g/mol. The second-order valence-electron chi connectivity index (χ2n) is 8.92. The summed E-state index contributed by atoms with van der Waals surface area (Å²) in [5.41, 5.74) is 2.15. The zero-order chi connectivity index (χ0) is 24.3. The summed E-state index contributed by atoms with van der Waals surface area (Å²) in [5, 5.41) is 10.8. The van der Waals surface area contributed by atoms with Crippen LogP contribution < -0.4 is 15.4 Å². The van der Waals surface area contributed by atoms with E-state index in [1.807, 2.05) is 0 Å². The highest BCUT2D eigenvalue weighted by molar-refractivity contribution is 5.75. The van der Waals surface area contributed by atoms with E-state index in [0.717, 1.165) is 6.07 Å². The predicted octanol–water partition coefficient (Wildman–Crippen LogP) is 4.90. The summed E-state index contributed by atoms with van der Waals surface area (Å²) in [7, 11) is 0. The van der Waals surface area contributed by atoms with Crippen LogP contribution in [0.25, 0.3) is 16.9 Å². The number of anilines is 1. The van der Waals surface area contributed by atoms with Crippen LogP contribution in [0.3, 0.4) is 0 Å². The van der Waals surface area contributed by atoms with Crippen LogP contribution in [0.15, 0.2) is 48.9 Å². The van der Waals surface area contributed by atoms with Crippen molar-refractivity contribution in [2.45, 2.75) is 39.3 Å². The van der Waals surface area contributed by atoms with E-state index in [4.69, 9.17) is 4.74 Å². The summed E-state index contributed by atoms with van der Waals surface area (Å²) in [6.07, 6.45) is 5.14. The molecule has 0 saturated carbocycles. The van der Waals surface area contributed by atoms with Crippen molar-refractivity contribution in [3.8, 4) is 17.3 Å². The molecule has 0 aliphatic heterocycles. The Morgan fingerprint density at radius 3 is 2.76 bits per heavy atom. The summed E-state index contributed by atoms with van der Waals surface area (Å²) >= 11 is 0. The van der Waals surface area contributed by atoms with Crippen molar-refractivity contribution in [2.24, 2.45) is 0 Å². The van der Waals surface area contributed by atoms with E-state index in [1.54, 1.807) is 42.2 Å². The number of ether oxygens (including phenoxy) is 1. The van der Waals surface area contributed by atoms with E-state index >= 15 is 0 Å². The van der Waals surface area contributed by atoms with Gasteiger partial charge in [-0.05, 0) is 39.8 Å². The number of benzene rings is 1. The smallest absolute Gasteiger partial charge is 0.318 e. The maximum atomic E-state index is 14.3. The minimum absolute atomic E-state index is 0. The molecule has 0 spiro atoms. The minimum Gasteiger partial charge on any atom is -0.462 e. The highest BCUT2D eigenvalue weighted by atomic mass is 19.1. The van der Waals surface area contributed by atoms with Gasteiger partial charge in [0.15, 0.2) is 5.65 Å². The molecule has 0 saturated heterocycles. The first-order valence-electron chi connectivity index (χ1n) is 11.0. The molecule has 3 aromatic heterocycles. The van der Waals surface area contributed by atoms with Gasteiger partial charge < -0.3 is 15.4 Å². The Morgan fingerprint density at radius 2 is 2.00 bits per heavy atom. The number of rotatable bonds is 8. The number of nitrogens with one attached hydrogen (secondary N) is 2. The largest absolute Gasteiger partial charge is 0.462 e. The minimum atomic E-state index is -0.633. The third-order valence-electron chi connectivity index (χ3n) is 5.04. The summed E-state index contributed by atoms with van der Waals surface area (Å²) in [4.78, 5) is 13.4. The fourth-order valence-corrected chi connectivity index (χ4v) is 3.43. The molecule has 0 radical (unpaired) electrons. The number of halogens is 2. The molecule has 34 heavy (non-hydrogen) atoms. The monoisotopic (exact) mass is 471 g/mol. The Kier molecular flexibility index (Phi) is 6.69. The summed E-state index contributed by atoms with van der Waals surface area (Å²) in [6.45, 7) is 8.94. The maximum absolute atomic E-state index is 14.3. The Bertz CT molecular complexity index is 1300. The van der Waals surface area contributed by atoms with E-state index < -0.39 is 17.7 Å². The van der Waals surface area contributed by atoms with Gasteiger partial charge in [0, 0.05) is 45.0 Å². The summed E-state index contributed by atoms with van der Waals surface area (Å²) in [5.74, 6) is -0.834. The van der Waals surface area contributed by atoms with Gasteiger partial charge in [-0.1, -0.05) is 6.07 Å². The van der Waals surface area contributed by atoms with Crippen LogP contribution in [0, 0.1) is 11.6 Å². The Morgan fingerprint density at radius 1 is 1.18 bits per heavy atom. The van der Waals surface area contributed by atoms with Crippen LogP contribution in [0.2, 0.25) is 0 Å².